The summed E-state index contributed by atoms with van der Waals surface area (Å²) in [6.45, 7) is 12.3. The molecular formula is C26H38ClN3O3. The molecule has 6 nitrogen and oxygen atoms in total. The molecule has 1 heterocycles. The molecule has 0 saturated carbocycles. The first-order valence-electron chi connectivity index (χ1n) is 11.5. The predicted molar refractivity (Wildman–Crippen MR) is 133 cm³/mol. The van der Waals surface area contributed by atoms with Crippen molar-refractivity contribution in [3.8, 4) is 0 Å². The first-order chi connectivity index (χ1) is 15.5. The molecule has 0 aliphatic heterocycles. The third kappa shape index (κ3) is 8.20. The minimum absolute atomic E-state index is 0.0391. The summed E-state index contributed by atoms with van der Waals surface area (Å²) < 4.78 is 7.29. The summed E-state index contributed by atoms with van der Waals surface area (Å²) in [6, 6.07) is 11.8. The van der Waals surface area contributed by atoms with Gasteiger partial charge in [-0.15, -0.1) is 0 Å². The van der Waals surface area contributed by atoms with E-state index in [1.54, 1.807) is 12.0 Å². The Kier molecular flexibility index (Phi) is 9.99. The molecule has 2 rings (SSSR count). The molecular weight excluding hydrogens is 438 g/mol. The van der Waals surface area contributed by atoms with E-state index in [1.807, 2.05) is 68.3 Å². The summed E-state index contributed by atoms with van der Waals surface area (Å²) in [6.07, 6.45) is 2.00. The minimum Gasteiger partial charge on any atom is -0.383 e. The lowest BCUT2D eigenvalue weighted by Crippen LogP contribution is -2.48. The Bertz CT molecular complexity index is 918. The van der Waals surface area contributed by atoms with E-state index in [-0.39, 0.29) is 18.4 Å². The average molecular weight is 476 g/mol. The number of halogens is 1. The highest BCUT2D eigenvalue weighted by Crippen LogP contribution is 2.20. The monoisotopic (exact) mass is 475 g/mol. The number of amides is 2. The summed E-state index contributed by atoms with van der Waals surface area (Å²) >= 11 is 6.36. The Morgan fingerprint density at radius 1 is 1.09 bits per heavy atom. The summed E-state index contributed by atoms with van der Waals surface area (Å²) in [5.74, 6) is 0.175. The SMILES string of the molecule is COCCN(CC(=O)N(Cc1cccn1Cc1ccccc1Cl)CC(C)C)C(=O)C(C)(C)C. The first-order valence-corrected chi connectivity index (χ1v) is 11.8. The Labute approximate surface area is 203 Å². The average Bonchev–Trinajstić information content (AvgIpc) is 3.17. The summed E-state index contributed by atoms with van der Waals surface area (Å²) in [4.78, 5) is 29.8. The molecule has 1 aromatic heterocycles. The number of hydrogen-bond acceptors (Lipinski definition) is 3. The van der Waals surface area contributed by atoms with Gasteiger partial charge in [0, 0.05) is 49.1 Å². The van der Waals surface area contributed by atoms with E-state index in [0.717, 1.165) is 16.3 Å². The van der Waals surface area contributed by atoms with Crippen LogP contribution in [0.3, 0.4) is 0 Å². The van der Waals surface area contributed by atoms with E-state index in [4.69, 9.17) is 16.3 Å². The van der Waals surface area contributed by atoms with Gasteiger partial charge in [-0.25, -0.2) is 0 Å². The van der Waals surface area contributed by atoms with E-state index < -0.39 is 5.41 Å². The summed E-state index contributed by atoms with van der Waals surface area (Å²) in [7, 11) is 1.60. The smallest absolute Gasteiger partial charge is 0.242 e. The van der Waals surface area contributed by atoms with Crippen molar-refractivity contribution in [1.82, 2.24) is 14.4 Å². The van der Waals surface area contributed by atoms with Crippen molar-refractivity contribution in [3.05, 3.63) is 58.9 Å². The normalized spacial score (nSPS) is 11.6. The van der Waals surface area contributed by atoms with Crippen LogP contribution in [0, 0.1) is 11.3 Å². The Hall–Kier alpha value is -2.31. The molecule has 0 radical (unpaired) electrons. The maximum atomic E-state index is 13.4. The molecule has 0 spiro atoms. The van der Waals surface area contributed by atoms with Crippen LogP contribution in [0.5, 0.6) is 0 Å². The van der Waals surface area contributed by atoms with Crippen LogP contribution in [-0.4, -0.2) is 59.5 Å². The van der Waals surface area contributed by atoms with E-state index >= 15 is 0 Å². The molecule has 1 aromatic carbocycles. The largest absolute Gasteiger partial charge is 0.383 e. The van der Waals surface area contributed by atoms with Gasteiger partial charge in [0.05, 0.1) is 19.7 Å². The predicted octanol–water partition coefficient (Wildman–Crippen LogP) is 4.70. The second-order valence-corrected chi connectivity index (χ2v) is 10.3. The number of ether oxygens (including phenoxy) is 1. The molecule has 2 aromatic rings. The van der Waals surface area contributed by atoms with Crippen LogP contribution in [0.25, 0.3) is 0 Å². The lowest BCUT2D eigenvalue weighted by Gasteiger charge is -2.32. The number of benzene rings is 1. The van der Waals surface area contributed by atoms with E-state index in [9.17, 15) is 9.59 Å². The van der Waals surface area contributed by atoms with Crippen molar-refractivity contribution in [1.29, 1.82) is 0 Å². The highest BCUT2D eigenvalue weighted by atomic mass is 35.5. The van der Waals surface area contributed by atoms with Crippen molar-refractivity contribution in [2.45, 2.75) is 47.7 Å². The standard InChI is InChI=1S/C26H38ClN3O3/c1-20(2)16-30(24(31)19-29(14-15-33-6)25(32)26(3,4)5)18-22-11-9-13-28(22)17-21-10-7-8-12-23(21)27/h7-13,20H,14-19H2,1-6H3. The summed E-state index contributed by atoms with van der Waals surface area (Å²) in [5.41, 5.74) is 1.48. The molecule has 0 unspecified atom stereocenters. The van der Waals surface area contributed by atoms with Gasteiger partial charge in [0.15, 0.2) is 0 Å². The number of hydrogen-bond donors (Lipinski definition) is 0. The van der Waals surface area contributed by atoms with Gasteiger partial charge >= 0.3 is 0 Å². The van der Waals surface area contributed by atoms with Gasteiger partial charge in [-0.1, -0.05) is 64.4 Å². The van der Waals surface area contributed by atoms with Crippen molar-refractivity contribution in [2.24, 2.45) is 11.3 Å². The fraction of sp³-hybridized carbons (Fsp3) is 0.538. The van der Waals surface area contributed by atoms with Crippen LogP contribution in [0.2, 0.25) is 5.02 Å². The van der Waals surface area contributed by atoms with Gasteiger partial charge in [-0.3, -0.25) is 9.59 Å². The van der Waals surface area contributed by atoms with Crippen LogP contribution >= 0.6 is 11.6 Å². The quantitative estimate of drug-likeness (QED) is 0.473. The number of aromatic nitrogens is 1. The number of rotatable bonds is 11. The van der Waals surface area contributed by atoms with E-state index in [1.165, 1.54) is 0 Å². The Balaban J connectivity index is 2.20. The zero-order valence-corrected chi connectivity index (χ0v) is 21.6. The Morgan fingerprint density at radius 3 is 2.39 bits per heavy atom. The molecule has 0 aliphatic rings. The first kappa shape index (κ1) is 26.9. The van der Waals surface area contributed by atoms with Crippen molar-refractivity contribution in [3.63, 3.8) is 0 Å². The maximum Gasteiger partial charge on any atom is 0.242 e. The van der Waals surface area contributed by atoms with Gasteiger partial charge in [0.25, 0.3) is 0 Å². The second kappa shape index (κ2) is 12.2. The number of nitrogens with zero attached hydrogens (tertiary/aromatic N) is 3. The molecule has 182 valence electrons. The highest BCUT2D eigenvalue weighted by Gasteiger charge is 2.30. The topological polar surface area (TPSA) is 54.8 Å². The van der Waals surface area contributed by atoms with E-state index in [0.29, 0.717) is 38.7 Å². The van der Waals surface area contributed by atoms with Gasteiger partial charge in [-0.2, -0.15) is 0 Å². The molecule has 0 saturated heterocycles. The molecule has 0 aliphatic carbocycles. The highest BCUT2D eigenvalue weighted by molar-refractivity contribution is 6.31. The second-order valence-electron chi connectivity index (χ2n) is 9.86. The zero-order valence-electron chi connectivity index (χ0n) is 20.8. The maximum absolute atomic E-state index is 13.4. The number of carbonyl (C=O) groups is 2. The molecule has 7 heteroatoms. The molecule has 0 bridgehead atoms. The van der Waals surface area contributed by atoms with Crippen molar-refractivity contribution >= 4 is 23.4 Å². The van der Waals surface area contributed by atoms with Gasteiger partial charge < -0.3 is 19.1 Å². The number of carbonyl (C=O) groups excluding carboxylic acids is 2. The van der Waals surface area contributed by atoms with Gasteiger partial charge in [0.1, 0.15) is 0 Å². The van der Waals surface area contributed by atoms with E-state index in [2.05, 4.69) is 18.4 Å². The Morgan fingerprint density at radius 2 is 1.79 bits per heavy atom. The van der Waals surface area contributed by atoms with Crippen LogP contribution < -0.4 is 0 Å². The number of methoxy groups -OCH3 is 1. The summed E-state index contributed by atoms with van der Waals surface area (Å²) in [5, 5.41) is 0.724. The lowest BCUT2D eigenvalue weighted by molar-refractivity contribution is -0.146. The van der Waals surface area contributed by atoms with Gasteiger partial charge in [0.2, 0.25) is 11.8 Å². The van der Waals surface area contributed by atoms with Crippen LogP contribution in [0.15, 0.2) is 42.6 Å². The zero-order chi connectivity index (χ0) is 24.6. The molecule has 0 atom stereocenters. The molecule has 0 N–H and O–H groups in total. The van der Waals surface area contributed by atoms with Crippen LogP contribution in [0.4, 0.5) is 0 Å². The third-order valence-corrected chi connectivity index (χ3v) is 5.70. The fourth-order valence-corrected chi connectivity index (χ4v) is 3.84. The fourth-order valence-electron chi connectivity index (χ4n) is 3.64. The van der Waals surface area contributed by atoms with Crippen LogP contribution in [-0.2, 0) is 27.4 Å². The minimum atomic E-state index is -0.569. The van der Waals surface area contributed by atoms with Crippen LogP contribution in [0.1, 0.15) is 45.9 Å². The van der Waals surface area contributed by atoms with Crippen molar-refractivity contribution < 1.29 is 14.3 Å². The lowest BCUT2D eigenvalue weighted by atomic mass is 9.94. The third-order valence-electron chi connectivity index (χ3n) is 5.33. The molecule has 2 amide bonds. The van der Waals surface area contributed by atoms with Gasteiger partial charge in [-0.05, 0) is 29.7 Å². The molecule has 33 heavy (non-hydrogen) atoms. The molecule has 0 fully saturated rings. The van der Waals surface area contributed by atoms with Crippen molar-refractivity contribution in [2.75, 3.05) is 33.4 Å².